The van der Waals surface area contributed by atoms with E-state index in [2.05, 4.69) is 6.92 Å². The number of hydrogen-bond donors (Lipinski definition) is 0. The molecule has 1 aromatic heterocycles. The predicted octanol–water partition coefficient (Wildman–Crippen LogP) is 6.05. The van der Waals surface area contributed by atoms with Gasteiger partial charge in [-0.25, -0.2) is 4.98 Å². The number of fused-ring (bicyclic) bond motifs is 1. The maximum atomic E-state index is 13.7. The molecule has 0 aliphatic heterocycles. The Hall–Kier alpha value is -3.15. The largest absolute Gasteiger partial charge is 0.495 e. The van der Waals surface area contributed by atoms with E-state index in [1.165, 1.54) is 25.7 Å². The van der Waals surface area contributed by atoms with Crippen LogP contribution in [0.5, 0.6) is 5.75 Å². The monoisotopic (exact) mass is 463 g/mol. The average molecular weight is 464 g/mol. The Kier molecular flexibility index (Phi) is 9.25. The molecule has 0 aliphatic rings. The van der Waals surface area contributed by atoms with E-state index in [-0.39, 0.29) is 17.5 Å². The van der Waals surface area contributed by atoms with Crippen LogP contribution in [0.3, 0.4) is 0 Å². The fourth-order valence-corrected chi connectivity index (χ4v) is 4.46. The molecule has 0 N–H and O–H groups in total. The smallest absolute Gasteiger partial charge is 0.266 e. The van der Waals surface area contributed by atoms with Gasteiger partial charge in [-0.1, -0.05) is 70.2 Å². The van der Waals surface area contributed by atoms with Gasteiger partial charge in [-0.2, -0.15) is 0 Å². The van der Waals surface area contributed by atoms with Gasteiger partial charge in [0, 0.05) is 13.5 Å². The molecule has 1 atom stereocenters. The van der Waals surface area contributed by atoms with Crippen molar-refractivity contribution in [3.8, 4) is 11.4 Å². The average Bonchev–Trinajstić information content (AvgIpc) is 2.86. The first-order valence-corrected chi connectivity index (χ1v) is 12.4. The molecular weight excluding hydrogens is 426 g/mol. The number of rotatable bonds is 12. The van der Waals surface area contributed by atoms with Crippen molar-refractivity contribution in [3.63, 3.8) is 0 Å². The third-order valence-corrected chi connectivity index (χ3v) is 6.42. The number of aromatic nitrogens is 2. The third kappa shape index (κ3) is 5.66. The van der Waals surface area contributed by atoms with Gasteiger partial charge >= 0.3 is 0 Å². The lowest BCUT2D eigenvalue weighted by Gasteiger charge is -2.29. The van der Waals surface area contributed by atoms with Crippen LogP contribution in [-0.2, 0) is 4.79 Å². The van der Waals surface area contributed by atoms with Gasteiger partial charge in [0.1, 0.15) is 11.6 Å². The van der Waals surface area contributed by atoms with Gasteiger partial charge in [-0.05, 0) is 37.1 Å². The third-order valence-electron chi connectivity index (χ3n) is 6.42. The Morgan fingerprint density at radius 1 is 1.00 bits per heavy atom. The quantitative estimate of drug-likeness (QED) is 0.307. The SMILES string of the molecule is CCCCCCCCC(=O)N(C)C(CC)c1nc2ccccc2c(=O)n1-c1ccccc1OC. The zero-order chi connectivity index (χ0) is 24.5. The van der Waals surface area contributed by atoms with E-state index < -0.39 is 0 Å². The van der Waals surface area contributed by atoms with Gasteiger partial charge in [-0.15, -0.1) is 0 Å². The standard InChI is InChI=1S/C28H37N3O3/c1-5-7-8-9-10-11-20-26(32)30(3)23(6-2)27-29-22-17-13-12-16-21(22)28(33)31(27)24-18-14-15-19-25(24)34-4/h12-19,23H,5-11,20H2,1-4H3. The molecular formula is C28H37N3O3. The molecule has 0 saturated heterocycles. The van der Waals surface area contributed by atoms with Crippen LogP contribution in [0.1, 0.15) is 77.1 Å². The highest BCUT2D eigenvalue weighted by atomic mass is 16.5. The molecule has 6 nitrogen and oxygen atoms in total. The second kappa shape index (κ2) is 12.4. The summed E-state index contributed by atoms with van der Waals surface area (Å²) in [6.45, 7) is 4.22. The van der Waals surface area contributed by atoms with Crippen LogP contribution in [0.25, 0.3) is 16.6 Å². The van der Waals surface area contributed by atoms with Gasteiger partial charge < -0.3 is 9.64 Å². The van der Waals surface area contributed by atoms with Crippen molar-refractivity contribution in [1.82, 2.24) is 14.5 Å². The summed E-state index contributed by atoms with van der Waals surface area (Å²) >= 11 is 0. The molecule has 0 bridgehead atoms. The Morgan fingerprint density at radius 2 is 1.68 bits per heavy atom. The predicted molar refractivity (Wildman–Crippen MR) is 138 cm³/mol. The van der Waals surface area contributed by atoms with Gasteiger partial charge in [0.15, 0.2) is 0 Å². The second-order valence-corrected chi connectivity index (χ2v) is 8.75. The summed E-state index contributed by atoms with van der Waals surface area (Å²) in [6, 6.07) is 14.4. The van der Waals surface area contributed by atoms with E-state index in [9.17, 15) is 9.59 Å². The molecule has 1 heterocycles. The summed E-state index contributed by atoms with van der Waals surface area (Å²) in [4.78, 5) is 33.5. The van der Waals surface area contributed by atoms with Gasteiger partial charge in [-0.3, -0.25) is 14.2 Å². The maximum Gasteiger partial charge on any atom is 0.266 e. The number of nitrogens with zero attached hydrogens (tertiary/aromatic N) is 3. The van der Waals surface area contributed by atoms with Crippen LogP contribution in [-0.4, -0.2) is 34.5 Å². The highest BCUT2D eigenvalue weighted by Crippen LogP contribution is 2.29. The van der Waals surface area contributed by atoms with Crippen LogP contribution in [0.2, 0.25) is 0 Å². The number of para-hydroxylation sites is 3. The van der Waals surface area contributed by atoms with Crippen molar-refractivity contribution in [3.05, 3.63) is 64.7 Å². The number of methoxy groups -OCH3 is 1. The fraction of sp³-hybridized carbons (Fsp3) is 0.464. The fourth-order valence-electron chi connectivity index (χ4n) is 4.46. The van der Waals surface area contributed by atoms with Crippen LogP contribution in [0.15, 0.2) is 53.3 Å². The van der Waals surface area contributed by atoms with Gasteiger partial charge in [0.05, 0.1) is 29.7 Å². The molecule has 2 aromatic carbocycles. The number of carbonyl (C=O) groups excluding carboxylic acids is 1. The van der Waals surface area contributed by atoms with Crippen molar-refractivity contribution in [2.75, 3.05) is 14.2 Å². The lowest BCUT2D eigenvalue weighted by atomic mass is 10.1. The lowest BCUT2D eigenvalue weighted by Crippen LogP contribution is -2.36. The van der Waals surface area contributed by atoms with Crippen molar-refractivity contribution in [1.29, 1.82) is 0 Å². The summed E-state index contributed by atoms with van der Waals surface area (Å²) in [7, 11) is 3.41. The molecule has 0 aliphatic carbocycles. The molecule has 0 saturated carbocycles. The van der Waals surface area contributed by atoms with Crippen molar-refractivity contribution in [2.45, 2.75) is 71.3 Å². The van der Waals surface area contributed by atoms with Crippen LogP contribution >= 0.6 is 0 Å². The number of unbranched alkanes of at least 4 members (excludes halogenated alkanes) is 5. The molecule has 182 valence electrons. The molecule has 0 spiro atoms. The topological polar surface area (TPSA) is 64.4 Å². The van der Waals surface area contributed by atoms with Crippen molar-refractivity contribution in [2.24, 2.45) is 0 Å². The summed E-state index contributed by atoms with van der Waals surface area (Å²) in [5.74, 6) is 1.21. The summed E-state index contributed by atoms with van der Waals surface area (Å²) in [5, 5.41) is 0.535. The second-order valence-electron chi connectivity index (χ2n) is 8.75. The minimum atomic E-state index is -0.338. The molecule has 6 heteroatoms. The van der Waals surface area contributed by atoms with Crippen molar-refractivity contribution >= 4 is 16.8 Å². The van der Waals surface area contributed by atoms with Crippen LogP contribution in [0.4, 0.5) is 0 Å². The van der Waals surface area contributed by atoms with E-state index in [1.807, 2.05) is 56.4 Å². The van der Waals surface area contributed by atoms with Crippen molar-refractivity contribution < 1.29 is 9.53 Å². The minimum Gasteiger partial charge on any atom is -0.495 e. The van der Waals surface area contributed by atoms with E-state index in [4.69, 9.17) is 9.72 Å². The summed E-state index contributed by atoms with van der Waals surface area (Å²) in [5.41, 5.74) is 1.09. The Labute approximate surface area is 202 Å². The summed E-state index contributed by atoms with van der Waals surface area (Å²) < 4.78 is 7.18. The molecule has 3 rings (SSSR count). The lowest BCUT2D eigenvalue weighted by molar-refractivity contribution is -0.132. The number of ether oxygens (including phenoxy) is 1. The van der Waals surface area contributed by atoms with E-state index >= 15 is 0 Å². The number of amides is 1. The molecule has 1 unspecified atom stereocenters. The normalized spacial score (nSPS) is 12.0. The highest BCUT2D eigenvalue weighted by Gasteiger charge is 2.27. The van der Waals surface area contributed by atoms with Gasteiger partial charge in [0.25, 0.3) is 5.56 Å². The molecule has 0 radical (unpaired) electrons. The Morgan fingerprint density at radius 3 is 2.41 bits per heavy atom. The Bertz CT molecular complexity index is 1160. The van der Waals surface area contributed by atoms with E-state index in [1.54, 1.807) is 22.6 Å². The molecule has 1 amide bonds. The number of benzene rings is 2. The molecule has 34 heavy (non-hydrogen) atoms. The first-order chi connectivity index (χ1) is 16.5. The number of carbonyl (C=O) groups is 1. The summed E-state index contributed by atoms with van der Waals surface area (Å²) in [6.07, 6.45) is 7.95. The first-order valence-electron chi connectivity index (χ1n) is 12.4. The number of hydrogen-bond acceptors (Lipinski definition) is 4. The highest BCUT2D eigenvalue weighted by molar-refractivity contribution is 5.79. The van der Waals surface area contributed by atoms with Crippen LogP contribution < -0.4 is 10.3 Å². The minimum absolute atomic E-state index is 0.0799. The maximum absolute atomic E-state index is 13.7. The van der Waals surface area contributed by atoms with E-state index in [0.717, 1.165) is 12.8 Å². The van der Waals surface area contributed by atoms with Crippen LogP contribution in [0, 0.1) is 0 Å². The molecule has 3 aromatic rings. The first kappa shape index (κ1) is 25.5. The van der Waals surface area contributed by atoms with E-state index in [0.29, 0.717) is 41.0 Å². The zero-order valence-electron chi connectivity index (χ0n) is 20.9. The molecule has 0 fully saturated rings. The van der Waals surface area contributed by atoms with Gasteiger partial charge in [0.2, 0.25) is 5.91 Å². The Balaban J connectivity index is 1.99. The zero-order valence-corrected chi connectivity index (χ0v) is 20.9.